The molecule has 0 aromatic heterocycles. The lowest BCUT2D eigenvalue weighted by atomic mass is 10.4. The predicted octanol–water partition coefficient (Wildman–Crippen LogP) is -1.03. The van der Waals surface area contributed by atoms with Gasteiger partial charge in [-0.2, -0.15) is 0 Å². The van der Waals surface area contributed by atoms with Gasteiger partial charge in [0.15, 0.2) is 0 Å². The van der Waals surface area contributed by atoms with Crippen LogP contribution in [0.2, 0.25) is 0 Å². The number of rotatable bonds is 4. The summed E-state index contributed by atoms with van der Waals surface area (Å²) in [5, 5.41) is 2.42. The number of hydrogen-bond acceptors (Lipinski definition) is 6. The molecule has 124 valence electrons. The van der Waals surface area contributed by atoms with E-state index in [9.17, 15) is 9.59 Å². The van der Waals surface area contributed by atoms with Crippen LogP contribution in [-0.2, 0) is 9.47 Å². The minimum Gasteiger partial charge on any atom is -0.379 e. The van der Waals surface area contributed by atoms with Gasteiger partial charge in [-0.1, -0.05) is 0 Å². The third-order valence-corrected chi connectivity index (χ3v) is 4.08. The Labute approximate surface area is 129 Å². The van der Waals surface area contributed by atoms with Crippen molar-refractivity contribution in [1.29, 1.82) is 0 Å². The van der Waals surface area contributed by atoms with E-state index in [1.54, 1.807) is 9.80 Å². The molecule has 0 atom stereocenters. The van der Waals surface area contributed by atoms with Crippen LogP contribution in [0, 0.1) is 0 Å². The Kier molecular flexibility index (Phi) is 5.08. The monoisotopic (exact) mass is 313 g/mol. The van der Waals surface area contributed by atoms with Gasteiger partial charge in [-0.05, 0) is 0 Å². The molecule has 0 radical (unpaired) electrons. The van der Waals surface area contributed by atoms with Gasteiger partial charge < -0.3 is 9.47 Å². The molecule has 0 aliphatic carbocycles. The average Bonchev–Trinajstić information content (AvgIpc) is 2.54. The summed E-state index contributed by atoms with van der Waals surface area (Å²) in [6.45, 7) is 7.32. The van der Waals surface area contributed by atoms with Gasteiger partial charge in [-0.15, -0.1) is 0 Å². The number of ether oxygens (including phenoxy) is 2. The SMILES string of the molecule is O=C1NC(=O)N(CN2CCOCC2)CN1CN1CCOCC1. The van der Waals surface area contributed by atoms with Crippen LogP contribution in [0.15, 0.2) is 0 Å². The molecule has 3 aliphatic heterocycles. The first-order valence-electron chi connectivity index (χ1n) is 7.67. The van der Waals surface area contributed by atoms with Gasteiger partial charge in [0.25, 0.3) is 0 Å². The number of carbonyl (C=O) groups is 2. The van der Waals surface area contributed by atoms with E-state index in [1.165, 1.54) is 0 Å². The molecule has 3 rings (SSSR count). The Morgan fingerprint density at radius 3 is 1.59 bits per heavy atom. The number of carbonyl (C=O) groups excluding carboxylic acids is 2. The molecule has 0 unspecified atom stereocenters. The summed E-state index contributed by atoms with van der Waals surface area (Å²) in [4.78, 5) is 31.6. The van der Waals surface area contributed by atoms with Crippen LogP contribution in [0.4, 0.5) is 9.59 Å². The van der Waals surface area contributed by atoms with E-state index < -0.39 is 0 Å². The van der Waals surface area contributed by atoms with E-state index in [1.807, 2.05) is 0 Å². The highest BCUT2D eigenvalue weighted by molar-refractivity contribution is 5.95. The maximum absolute atomic E-state index is 12.0. The first-order valence-corrected chi connectivity index (χ1v) is 7.67. The normalized spacial score (nSPS) is 25.5. The fraction of sp³-hybridized carbons (Fsp3) is 0.846. The van der Waals surface area contributed by atoms with Crippen LogP contribution in [0.3, 0.4) is 0 Å². The van der Waals surface area contributed by atoms with Gasteiger partial charge >= 0.3 is 12.1 Å². The van der Waals surface area contributed by atoms with E-state index in [4.69, 9.17) is 9.47 Å². The summed E-state index contributed by atoms with van der Waals surface area (Å²) in [7, 11) is 0. The van der Waals surface area contributed by atoms with Gasteiger partial charge in [0.05, 0.1) is 39.8 Å². The largest absolute Gasteiger partial charge is 0.379 e. The summed E-state index contributed by atoms with van der Waals surface area (Å²) in [5.74, 6) is 0. The van der Waals surface area contributed by atoms with E-state index in [0.29, 0.717) is 46.4 Å². The Bertz CT molecular complexity index is 373. The lowest BCUT2D eigenvalue weighted by molar-refractivity contribution is -0.0108. The average molecular weight is 313 g/mol. The number of amides is 4. The highest BCUT2D eigenvalue weighted by atomic mass is 16.5. The van der Waals surface area contributed by atoms with E-state index in [2.05, 4.69) is 15.1 Å². The van der Waals surface area contributed by atoms with Gasteiger partial charge in [0.1, 0.15) is 6.67 Å². The van der Waals surface area contributed by atoms with Gasteiger partial charge in [-0.3, -0.25) is 24.9 Å². The highest BCUT2D eigenvalue weighted by Crippen LogP contribution is 2.08. The number of urea groups is 2. The molecule has 9 nitrogen and oxygen atoms in total. The van der Waals surface area contributed by atoms with Gasteiger partial charge in [0, 0.05) is 26.2 Å². The summed E-state index contributed by atoms with van der Waals surface area (Å²) < 4.78 is 10.6. The zero-order chi connectivity index (χ0) is 15.4. The summed E-state index contributed by atoms with van der Waals surface area (Å²) in [5.41, 5.74) is 0. The molecular formula is C13H23N5O4. The molecule has 3 aliphatic rings. The minimum atomic E-state index is -0.324. The summed E-state index contributed by atoms with van der Waals surface area (Å²) in [6.07, 6.45) is 0. The molecule has 9 heteroatoms. The minimum absolute atomic E-state index is 0.319. The first-order chi connectivity index (χ1) is 10.7. The quantitative estimate of drug-likeness (QED) is 0.715. The number of imide groups is 1. The van der Waals surface area contributed by atoms with Crippen molar-refractivity contribution in [3.8, 4) is 0 Å². The van der Waals surface area contributed by atoms with Crippen LogP contribution in [0.1, 0.15) is 0 Å². The van der Waals surface area contributed by atoms with Crippen molar-refractivity contribution >= 4 is 12.1 Å². The van der Waals surface area contributed by atoms with Crippen LogP contribution >= 0.6 is 0 Å². The summed E-state index contributed by atoms with van der Waals surface area (Å²) in [6, 6.07) is -0.649. The summed E-state index contributed by atoms with van der Waals surface area (Å²) >= 11 is 0. The number of nitrogens with one attached hydrogen (secondary N) is 1. The highest BCUT2D eigenvalue weighted by Gasteiger charge is 2.31. The molecule has 0 bridgehead atoms. The Hall–Kier alpha value is -1.42. The third kappa shape index (κ3) is 3.86. The molecule has 0 spiro atoms. The molecule has 22 heavy (non-hydrogen) atoms. The molecule has 1 N–H and O–H groups in total. The second-order valence-corrected chi connectivity index (χ2v) is 5.70. The molecule has 3 fully saturated rings. The van der Waals surface area contributed by atoms with Crippen molar-refractivity contribution in [2.75, 3.05) is 72.6 Å². The second-order valence-electron chi connectivity index (χ2n) is 5.70. The number of nitrogens with zero attached hydrogens (tertiary/aromatic N) is 4. The Morgan fingerprint density at radius 1 is 0.773 bits per heavy atom. The Morgan fingerprint density at radius 2 is 1.18 bits per heavy atom. The smallest absolute Gasteiger partial charge is 0.327 e. The van der Waals surface area contributed by atoms with Gasteiger partial charge in [0.2, 0.25) is 0 Å². The standard InChI is InChI=1S/C13H23N5O4/c19-12-14-13(20)18(10-16-3-7-22-8-4-16)11-17(12)9-15-1-5-21-6-2-15/h1-11H2,(H,14,19,20). The van der Waals surface area contributed by atoms with Crippen LogP contribution < -0.4 is 5.32 Å². The number of hydrogen-bond donors (Lipinski definition) is 1. The molecule has 4 amide bonds. The molecule has 3 heterocycles. The maximum Gasteiger partial charge on any atom is 0.327 e. The lowest BCUT2D eigenvalue weighted by Crippen LogP contribution is -2.63. The van der Waals surface area contributed by atoms with Crippen LogP contribution in [-0.4, -0.2) is 104 Å². The number of morpholine rings is 2. The van der Waals surface area contributed by atoms with Crippen LogP contribution in [0.5, 0.6) is 0 Å². The molecule has 0 saturated carbocycles. The molecule has 3 saturated heterocycles. The molecule has 0 aromatic rings. The van der Waals surface area contributed by atoms with Crippen molar-refractivity contribution in [2.24, 2.45) is 0 Å². The van der Waals surface area contributed by atoms with Crippen molar-refractivity contribution in [1.82, 2.24) is 24.9 Å². The van der Waals surface area contributed by atoms with Crippen LogP contribution in [0.25, 0.3) is 0 Å². The maximum atomic E-state index is 12.0. The first kappa shape index (κ1) is 15.5. The lowest BCUT2D eigenvalue weighted by Gasteiger charge is -2.41. The topological polar surface area (TPSA) is 77.6 Å². The third-order valence-electron chi connectivity index (χ3n) is 4.08. The zero-order valence-electron chi connectivity index (χ0n) is 12.7. The predicted molar refractivity (Wildman–Crippen MR) is 77.0 cm³/mol. The zero-order valence-corrected chi connectivity index (χ0v) is 12.7. The molecule has 0 aromatic carbocycles. The Balaban J connectivity index is 1.54. The fourth-order valence-electron chi connectivity index (χ4n) is 2.77. The van der Waals surface area contributed by atoms with Crippen molar-refractivity contribution in [3.63, 3.8) is 0 Å². The van der Waals surface area contributed by atoms with Crippen molar-refractivity contribution < 1.29 is 19.1 Å². The van der Waals surface area contributed by atoms with E-state index in [0.717, 1.165) is 26.2 Å². The second kappa shape index (κ2) is 7.23. The van der Waals surface area contributed by atoms with E-state index >= 15 is 0 Å². The van der Waals surface area contributed by atoms with Crippen molar-refractivity contribution in [2.45, 2.75) is 0 Å². The fourth-order valence-corrected chi connectivity index (χ4v) is 2.77. The van der Waals surface area contributed by atoms with E-state index in [-0.39, 0.29) is 12.1 Å². The van der Waals surface area contributed by atoms with Crippen molar-refractivity contribution in [3.05, 3.63) is 0 Å². The van der Waals surface area contributed by atoms with Gasteiger partial charge in [-0.25, -0.2) is 9.59 Å². The molecular weight excluding hydrogens is 290 g/mol.